The summed E-state index contributed by atoms with van der Waals surface area (Å²) in [5.41, 5.74) is 6.73. The van der Waals surface area contributed by atoms with Crippen LogP contribution in [-0.2, 0) is 10.0 Å². The van der Waals surface area contributed by atoms with Crippen molar-refractivity contribution >= 4 is 27.3 Å². The molecule has 0 aromatic heterocycles. The van der Waals surface area contributed by atoms with Crippen molar-refractivity contribution in [2.24, 2.45) is 5.92 Å². The molecule has 3 N–H and O–H groups in total. The van der Waals surface area contributed by atoms with Gasteiger partial charge in [0.2, 0.25) is 10.0 Å². The van der Waals surface area contributed by atoms with E-state index >= 15 is 0 Å². The second-order valence-electron chi connectivity index (χ2n) is 5.81. The molecule has 1 saturated carbocycles. The normalized spacial score (nSPS) is 17.0. The van der Waals surface area contributed by atoms with Crippen LogP contribution in [0.3, 0.4) is 0 Å². The summed E-state index contributed by atoms with van der Waals surface area (Å²) >= 11 is 5.91. The molecule has 0 radical (unpaired) electrons. The molecular formula is C15H23ClN2O2S. The van der Waals surface area contributed by atoms with E-state index in [2.05, 4.69) is 4.72 Å². The molecule has 6 heteroatoms. The number of nitrogen functional groups attached to an aromatic ring is 1. The number of sulfonamides is 1. The van der Waals surface area contributed by atoms with Crippen LogP contribution in [0.25, 0.3) is 0 Å². The van der Waals surface area contributed by atoms with E-state index in [1.54, 1.807) is 13.0 Å². The fourth-order valence-electron chi connectivity index (χ4n) is 2.90. The lowest BCUT2D eigenvalue weighted by molar-refractivity contribution is 0.339. The summed E-state index contributed by atoms with van der Waals surface area (Å²) in [4.78, 5) is 0.177. The molecule has 0 aliphatic heterocycles. The number of halogens is 1. The molecule has 0 saturated heterocycles. The van der Waals surface area contributed by atoms with Crippen molar-refractivity contribution < 1.29 is 8.42 Å². The van der Waals surface area contributed by atoms with Crippen molar-refractivity contribution in [3.8, 4) is 0 Å². The van der Waals surface area contributed by atoms with Crippen molar-refractivity contribution in [3.63, 3.8) is 0 Å². The van der Waals surface area contributed by atoms with Crippen molar-refractivity contribution in [3.05, 3.63) is 22.7 Å². The predicted molar refractivity (Wildman–Crippen MR) is 87.0 cm³/mol. The Morgan fingerprint density at radius 3 is 2.62 bits per heavy atom. The van der Waals surface area contributed by atoms with E-state index in [9.17, 15) is 8.42 Å². The van der Waals surface area contributed by atoms with Crippen molar-refractivity contribution in [2.45, 2.75) is 50.3 Å². The van der Waals surface area contributed by atoms with Gasteiger partial charge in [-0.3, -0.25) is 0 Å². The molecule has 1 aliphatic rings. The Kier molecular flexibility index (Phi) is 5.52. The zero-order valence-electron chi connectivity index (χ0n) is 12.4. The minimum atomic E-state index is -3.55. The lowest BCUT2D eigenvalue weighted by atomic mass is 9.87. The van der Waals surface area contributed by atoms with Crippen molar-refractivity contribution in [1.29, 1.82) is 0 Å². The standard InChI is InChI=1S/C15H23ClN2O2S/c1-11-14(17)9-13(16)10-15(11)21(19,20)18-8-7-12-5-3-2-4-6-12/h9-10,12,18H,2-8,17H2,1H3. The van der Waals surface area contributed by atoms with Gasteiger partial charge >= 0.3 is 0 Å². The molecule has 2 rings (SSSR count). The third-order valence-corrected chi connectivity index (χ3v) is 6.03. The largest absolute Gasteiger partial charge is 0.398 e. The molecule has 4 nitrogen and oxygen atoms in total. The first kappa shape index (κ1) is 16.6. The summed E-state index contributed by atoms with van der Waals surface area (Å²) in [7, 11) is -3.55. The molecule has 1 aromatic rings. The van der Waals surface area contributed by atoms with Gasteiger partial charge < -0.3 is 5.73 Å². The van der Waals surface area contributed by atoms with Gasteiger partial charge in [0.25, 0.3) is 0 Å². The summed E-state index contributed by atoms with van der Waals surface area (Å²) in [5.74, 6) is 0.645. The molecular weight excluding hydrogens is 308 g/mol. The summed E-state index contributed by atoms with van der Waals surface area (Å²) in [6, 6.07) is 3.02. The topological polar surface area (TPSA) is 72.2 Å². The molecule has 0 amide bonds. The number of anilines is 1. The van der Waals surface area contributed by atoms with E-state index in [0.717, 1.165) is 6.42 Å². The van der Waals surface area contributed by atoms with Crippen LogP contribution < -0.4 is 10.5 Å². The Morgan fingerprint density at radius 1 is 1.29 bits per heavy atom. The number of nitrogens with one attached hydrogen (secondary N) is 1. The second-order valence-corrected chi connectivity index (χ2v) is 7.98. The molecule has 0 spiro atoms. The maximum atomic E-state index is 12.4. The lowest BCUT2D eigenvalue weighted by Crippen LogP contribution is -2.27. The van der Waals surface area contributed by atoms with E-state index in [4.69, 9.17) is 17.3 Å². The quantitative estimate of drug-likeness (QED) is 0.812. The first-order chi connectivity index (χ1) is 9.90. The monoisotopic (exact) mass is 330 g/mol. The van der Waals surface area contributed by atoms with Gasteiger partial charge in [-0.1, -0.05) is 43.7 Å². The molecule has 0 heterocycles. The molecule has 118 valence electrons. The van der Waals surface area contributed by atoms with Gasteiger partial charge in [-0.05, 0) is 37.0 Å². The van der Waals surface area contributed by atoms with Crippen molar-refractivity contribution in [2.75, 3.05) is 12.3 Å². The molecule has 1 aliphatic carbocycles. The summed E-state index contributed by atoms with van der Waals surface area (Å²) in [6.07, 6.45) is 7.16. The van der Waals surface area contributed by atoms with Crippen molar-refractivity contribution in [1.82, 2.24) is 4.72 Å². The van der Waals surface area contributed by atoms with Crippen LogP contribution in [0.1, 0.15) is 44.1 Å². The number of benzene rings is 1. The maximum absolute atomic E-state index is 12.4. The highest BCUT2D eigenvalue weighted by Crippen LogP contribution is 2.27. The third-order valence-electron chi connectivity index (χ3n) is 4.22. The van der Waals surface area contributed by atoms with E-state index < -0.39 is 10.0 Å². The average molecular weight is 331 g/mol. The minimum absolute atomic E-state index is 0.177. The summed E-state index contributed by atoms with van der Waals surface area (Å²) < 4.78 is 27.4. The molecule has 21 heavy (non-hydrogen) atoms. The van der Waals surface area contributed by atoms with Gasteiger partial charge in [0.05, 0.1) is 4.90 Å². The number of hydrogen-bond acceptors (Lipinski definition) is 3. The van der Waals surface area contributed by atoms with E-state index in [-0.39, 0.29) is 4.90 Å². The van der Waals surface area contributed by atoms with Crippen LogP contribution >= 0.6 is 11.6 Å². The fraction of sp³-hybridized carbons (Fsp3) is 0.600. The van der Waals surface area contributed by atoms with Gasteiger partial charge in [0, 0.05) is 17.3 Å². The van der Waals surface area contributed by atoms with E-state index in [0.29, 0.717) is 28.7 Å². The minimum Gasteiger partial charge on any atom is -0.398 e. The Balaban J connectivity index is 2.01. The highest BCUT2D eigenvalue weighted by molar-refractivity contribution is 7.89. The summed E-state index contributed by atoms with van der Waals surface area (Å²) in [6.45, 7) is 2.17. The Morgan fingerprint density at radius 2 is 1.95 bits per heavy atom. The molecule has 1 fully saturated rings. The van der Waals surface area contributed by atoms with Gasteiger partial charge in [-0.15, -0.1) is 0 Å². The van der Waals surface area contributed by atoms with Crippen LogP contribution in [-0.4, -0.2) is 15.0 Å². The molecule has 0 unspecified atom stereocenters. The van der Waals surface area contributed by atoms with Gasteiger partial charge in [-0.25, -0.2) is 13.1 Å². The Hall–Kier alpha value is -0.780. The maximum Gasteiger partial charge on any atom is 0.240 e. The van der Waals surface area contributed by atoms with E-state index in [1.165, 1.54) is 38.2 Å². The third kappa shape index (κ3) is 4.34. The second kappa shape index (κ2) is 6.99. The van der Waals surface area contributed by atoms with Gasteiger partial charge in [0.15, 0.2) is 0 Å². The highest BCUT2D eigenvalue weighted by Gasteiger charge is 2.20. The van der Waals surface area contributed by atoms with E-state index in [1.807, 2.05) is 0 Å². The summed E-state index contributed by atoms with van der Waals surface area (Å²) in [5, 5.41) is 0.339. The van der Waals surface area contributed by atoms with Gasteiger partial charge in [-0.2, -0.15) is 0 Å². The molecule has 0 bridgehead atoms. The number of rotatable bonds is 5. The highest BCUT2D eigenvalue weighted by atomic mass is 35.5. The zero-order valence-corrected chi connectivity index (χ0v) is 13.9. The smallest absolute Gasteiger partial charge is 0.240 e. The SMILES string of the molecule is Cc1c(N)cc(Cl)cc1S(=O)(=O)NCCC1CCCCC1. The first-order valence-corrected chi connectivity index (χ1v) is 9.31. The number of nitrogens with two attached hydrogens (primary N) is 1. The Labute approximate surface area is 132 Å². The van der Waals surface area contributed by atoms with Crippen LogP contribution in [0.5, 0.6) is 0 Å². The predicted octanol–water partition coefficient (Wildman–Crippen LogP) is 3.48. The van der Waals surface area contributed by atoms with Crippen LogP contribution in [0.15, 0.2) is 17.0 Å². The average Bonchev–Trinajstić information content (AvgIpc) is 2.43. The number of hydrogen-bond donors (Lipinski definition) is 2. The van der Waals surface area contributed by atoms with Gasteiger partial charge in [0.1, 0.15) is 0 Å². The molecule has 1 aromatic carbocycles. The van der Waals surface area contributed by atoms with Crippen LogP contribution in [0.4, 0.5) is 5.69 Å². The van der Waals surface area contributed by atoms with Crippen LogP contribution in [0.2, 0.25) is 5.02 Å². The first-order valence-electron chi connectivity index (χ1n) is 7.45. The zero-order chi connectivity index (χ0) is 15.5. The lowest BCUT2D eigenvalue weighted by Gasteiger charge is -2.21. The van der Waals surface area contributed by atoms with Crippen LogP contribution in [0, 0.1) is 12.8 Å². The fourth-order valence-corrected chi connectivity index (χ4v) is 4.54. The molecule has 0 atom stereocenters. The Bertz CT molecular complexity index is 596.